The van der Waals surface area contributed by atoms with E-state index in [-0.39, 0.29) is 12.7 Å². The second-order valence-electron chi connectivity index (χ2n) is 5.60. The van der Waals surface area contributed by atoms with E-state index in [0.29, 0.717) is 19.1 Å². The van der Waals surface area contributed by atoms with Crippen LogP contribution in [-0.2, 0) is 11.3 Å². The third-order valence-corrected chi connectivity index (χ3v) is 3.84. The number of ether oxygens (including phenoxy) is 1. The van der Waals surface area contributed by atoms with Gasteiger partial charge < -0.3 is 19.6 Å². The van der Waals surface area contributed by atoms with Crippen LogP contribution in [0.4, 0.5) is 4.79 Å². The van der Waals surface area contributed by atoms with E-state index in [4.69, 9.17) is 9.84 Å². The molecular weight excluding hydrogens is 268 g/mol. The summed E-state index contributed by atoms with van der Waals surface area (Å²) in [6.07, 6.45) is 0.788. The second kappa shape index (κ2) is 8.00. The first kappa shape index (κ1) is 15.8. The number of amides is 1. The molecular formula is C16H24N2O3. The van der Waals surface area contributed by atoms with Gasteiger partial charge in [-0.1, -0.05) is 30.3 Å². The Bertz CT molecular complexity index is 438. The van der Waals surface area contributed by atoms with Crippen molar-refractivity contribution in [3.8, 4) is 0 Å². The first-order valence-electron chi connectivity index (χ1n) is 7.44. The highest BCUT2D eigenvalue weighted by molar-refractivity contribution is 5.67. The molecule has 1 atom stereocenters. The van der Waals surface area contributed by atoms with Crippen molar-refractivity contribution < 1.29 is 14.6 Å². The molecule has 0 saturated carbocycles. The minimum absolute atomic E-state index is 0.196. The van der Waals surface area contributed by atoms with Gasteiger partial charge in [-0.3, -0.25) is 0 Å². The summed E-state index contributed by atoms with van der Waals surface area (Å²) in [6.45, 7) is 3.87. The molecule has 21 heavy (non-hydrogen) atoms. The Morgan fingerprint density at radius 1 is 1.43 bits per heavy atom. The molecule has 0 bridgehead atoms. The molecule has 0 unspecified atom stereocenters. The van der Waals surface area contributed by atoms with Crippen LogP contribution >= 0.6 is 0 Å². The summed E-state index contributed by atoms with van der Waals surface area (Å²) in [5.74, 6) is 0.464. The smallest absolute Gasteiger partial charge is 0.409 e. The van der Waals surface area contributed by atoms with Crippen LogP contribution in [0.5, 0.6) is 0 Å². The Labute approximate surface area is 126 Å². The highest BCUT2D eigenvalue weighted by atomic mass is 16.6. The monoisotopic (exact) mass is 292 g/mol. The van der Waals surface area contributed by atoms with Crippen molar-refractivity contribution in [1.82, 2.24) is 9.80 Å². The highest BCUT2D eigenvalue weighted by Gasteiger charge is 2.24. The maximum atomic E-state index is 12.0. The van der Waals surface area contributed by atoms with E-state index < -0.39 is 0 Å². The van der Waals surface area contributed by atoms with E-state index in [1.54, 1.807) is 11.9 Å². The van der Waals surface area contributed by atoms with Gasteiger partial charge in [-0.25, -0.2) is 4.79 Å². The number of rotatable bonds is 6. The minimum Gasteiger partial charge on any atom is -0.445 e. The van der Waals surface area contributed by atoms with Gasteiger partial charge in [0.25, 0.3) is 0 Å². The number of benzene rings is 1. The van der Waals surface area contributed by atoms with Crippen LogP contribution in [0.15, 0.2) is 30.3 Å². The molecule has 1 aliphatic rings. The van der Waals surface area contributed by atoms with E-state index in [2.05, 4.69) is 4.90 Å². The number of carbonyl (C=O) groups excluding carboxylic acids is 1. The highest BCUT2D eigenvalue weighted by Crippen LogP contribution is 2.17. The van der Waals surface area contributed by atoms with Crippen LogP contribution in [0.2, 0.25) is 0 Å². The van der Waals surface area contributed by atoms with Crippen molar-refractivity contribution in [2.45, 2.75) is 13.0 Å². The Kier molecular flexibility index (Phi) is 6.02. The van der Waals surface area contributed by atoms with Crippen LogP contribution in [0.1, 0.15) is 12.0 Å². The van der Waals surface area contributed by atoms with Gasteiger partial charge in [-0.05, 0) is 24.4 Å². The topological polar surface area (TPSA) is 53.0 Å². The van der Waals surface area contributed by atoms with Crippen molar-refractivity contribution in [3.05, 3.63) is 35.9 Å². The zero-order valence-electron chi connectivity index (χ0n) is 12.6. The third-order valence-electron chi connectivity index (χ3n) is 3.84. The maximum Gasteiger partial charge on any atom is 0.409 e. The molecule has 1 N–H and O–H groups in total. The van der Waals surface area contributed by atoms with Gasteiger partial charge in [-0.15, -0.1) is 0 Å². The van der Waals surface area contributed by atoms with Gasteiger partial charge in [0.05, 0.1) is 6.61 Å². The van der Waals surface area contributed by atoms with E-state index in [0.717, 1.165) is 31.6 Å². The zero-order valence-corrected chi connectivity index (χ0v) is 12.6. The van der Waals surface area contributed by atoms with Crippen molar-refractivity contribution in [2.75, 3.05) is 39.8 Å². The summed E-state index contributed by atoms with van der Waals surface area (Å²) in [7, 11) is 1.78. The molecule has 0 aliphatic carbocycles. The molecule has 0 aromatic heterocycles. The lowest BCUT2D eigenvalue weighted by Crippen LogP contribution is -2.33. The number of hydrogen-bond acceptors (Lipinski definition) is 4. The molecule has 1 amide bonds. The van der Waals surface area contributed by atoms with Gasteiger partial charge in [-0.2, -0.15) is 0 Å². The van der Waals surface area contributed by atoms with Crippen LogP contribution in [0, 0.1) is 5.92 Å². The normalized spacial score (nSPS) is 18.7. The second-order valence-corrected chi connectivity index (χ2v) is 5.60. The summed E-state index contributed by atoms with van der Waals surface area (Å²) >= 11 is 0. The molecule has 116 valence electrons. The third kappa shape index (κ3) is 5.02. The molecule has 1 saturated heterocycles. The molecule has 1 heterocycles. The molecule has 5 heteroatoms. The number of nitrogens with zero attached hydrogens (tertiary/aromatic N) is 2. The van der Waals surface area contributed by atoms with Crippen LogP contribution in [0.25, 0.3) is 0 Å². The average molecular weight is 292 g/mol. The van der Waals surface area contributed by atoms with Crippen molar-refractivity contribution in [1.29, 1.82) is 0 Å². The van der Waals surface area contributed by atoms with Crippen LogP contribution < -0.4 is 0 Å². The molecule has 1 fully saturated rings. The zero-order chi connectivity index (χ0) is 15.1. The molecule has 2 rings (SSSR count). The fourth-order valence-corrected chi connectivity index (χ4v) is 2.70. The van der Waals surface area contributed by atoms with Gasteiger partial charge in [0.1, 0.15) is 6.61 Å². The van der Waals surface area contributed by atoms with Gasteiger partial charge in [0.2, 0.25) is 0 Å². The summed E-state index contributed by atoms with van der Waals surface area (Å²) < 4.78 is 5.31. The SMILES string of the molecule is CN(C[C@@H]1CCN(CCO)C1)C(=O)OCc1ccccc1. The number of likely N-dealkylation sites (tertiary alicyclic amines) is 1. The lowest BCUT2D eigenvalue weighted by atomic mass is 10.1. The van der Waals surface area contributed by atoms with Gasteiger partial charge >= 0.3 is 6.09 Å². The molecule has 0 spiro atoms. The molecule has 1 aromatic rings. The Morgan fingerprint density at radius 2 is 2.19 bits per heavy atom. The Hall–Kier alpha value is -1.59. The first-order valence-corrected chi connectivity index (χ1v) is 7.44. The van der Waals surface area contributed by atoms with Crippen molar-refractivity contribution >= 4 is 6.09 Å². The van der Waals surface area contributed by atoms with Crippen LogP contribution in [0.3, 0.4) is 0 Å². The van der Waals surface area contributed by atoms with Crippen molar-refractivity contribution in [2.24, 2.45) is 5.92 Å². The molecule has 5 nitrogen and oxygen atoms in total. The number of aliphatic hydroxyl groups is 1. The summed E-state index contributed by atoms with van der Waals surface area (Å²) in [6, 6.07) is 9.69. The predicted octanol–water partition coefficient (Wildman–Crippen LogP) is 1.57. The Balaban J connectivity index is 1.70. The number of aliphatic hydroxyl groups excluding tert-OH is 1. The van der Waals surface area contributed by atoms with E-state index in [9.17, 15) is 4.79 Å². The average Bonchev–Trinajstić information content (AvgIpc) is 2.93. The summed E-state index contributed by atoms with van der Waals surface area (Å²) in [5, 5.41) is 8.94. The van der Waals surface area contributed by atoms with Gasteiger partial charge in [0, 0.05) is 26.7 Å². The molecule has 1 aliphatic heterocycles. The van der Waals surface area contributed by atoms with E-state index in [1.807, 2.05) is 30.3 Å². The number of carbonyl (C=O) groups is 1. The minimum atomic E-state index is -0.278. The largest absolute Gasteiger partial charge is 0.445 e. The Morgan fingerprint density at radius 3 is 2.90 bits per heavy atom. The lowest BCUT2D eigenvalue weighted by molar-refractivity contribution is 0.0994. The maximum absolute atomic E-state index is 12.0. The molecule has 1 aromatic carbocycles. The van der Waals surface area contributed by atoms with Crippen molar-refractivity contribution in [3.63, 3.8) is 0 Å². The number of β-amino-alcohol motifs (C(OH)–C–C–N with tert-alkyl or cyclic N) is 1. The quantitative estimate of drug-likeness (QED) is 0.865. The molecule has 0 radical (unpaired) electrons. The fraction of sp³-hybridized carbons (Fsp3) is 0.562. The lowest BCUT2D eigenvalue weighted by Gasteiger charge is -2.21. The number of hydrogen-bond donors (Lipinski definition) is 1. The van der Waals surface area contributed by atoms with Crippen LogP contribution in [-0.4, -0.2) is 60.8 Å². The fourth-order valence-electron chi connectivity index (χ4n) is 2.70. The standard InChI is InChI=1S/C16H24N2O3/c1-17(11-15-7-8-18(12-15)9-10-19)16(20)21-13-14-5-3-2-4-6-14/h2-6,15,19H,7-13H2,1H3/t15-/m0/s1. The predicted molar refractivity (Wildman–Crippen MR) is 80.9 cm³/mol. The summed E-state index contributed by atoms with van der Waals surface area (Å²) in [4.78, 5) is 15.8. The van der Waals surface area contributed by atoms with E-state index in [1.165, 1.54) is 0 Å². The van der Waals surface area contributed by atoms with E-state index >= 15 is 0 Å². The summed E-state index contributed by atoms with van der Waals surface area (Å²) in [5.41, 5.74) is 0.995. The van der Waals surface area contributed by atoms with Gasteiger partial charge in [0.15, 0.2) is 0 Å². The first-order chi connectivity index (χ1) is 10.2.